The Kier molecular flexibility index (Phi) is 4.77. The Bertz CT molecular complexity index is 699. The molecule has 1 aliphatic rings. The molecule has 0 saturated heterocycles. The van der Waals surface area contributed by atoms with E-state index in [1.54, 1.807) is 0 Å². The van der Waals surface area contributed by atoms with E-state index in [-0.39, 0.29) is 0 Å². The Morgan fingerprint density at radius 3 is 2.09 bits per heavy atom. The molecule has 1 aromatic rings. The highest BCUT2D eigenvalue weighted by Crippen LogP contribution is 2.36. The first-order valence-corrected chi connectivity index (χ1v) is 12.0. The molecule has 0 spiro atoms. The van der Waals surface area contributed by atoms with Gasteiger partial charge in [0, 0.05) is 0 Å². The fourth-order valence-corrected chi connectivity index (χ4v) is 4.95. The first-order valence-electron chi connectivity index (χ1n) is 8.51. The summed E-state index contributed by atoms with van der Waals surface area (Å²) in [5.41, 5.74) is 6.79. The molecule has 0 unspecified atom stereocenters. The zero-order valence-electron chi connectivity index (χ0n) is 16.0. The van der Waals surface area contributed by atoms with Gasteiger partial charge in [-0.1, -0.05) is 74.8 Å². The molecule has 0 aliphatic carbocycles. The van der Waals surface area contributed by atoms with Crippen molar-refractivity contribution in [1.29, 1.82) is 0 Å². The van der Waals surface area contributed by atoms with Crippen LogP contribution in [0.3, 0.4) is 0 Å². The first-order chi connectivity index (χ1) is 10.5. The van der Waals surface area contributed by atoms with Crippen molar-refractivity contribution in [2.45, 2.75) is 54.3 Å². The fraction of sp³-hybridized carbons (Fsp3) is 0.429. The summed E-state index contributed by atoms with van der Waals surface area (Å²) in [6.07, 6.45) is 4.66. The summed E-state index contributed by atoms with van der Waals surface area (Å²) in [6.45, 7) is 22.7. The molecule has 2 rings (SSSR count). The van der Waals surface area contributed by atoms with Gasteiger partial charge in [-0.25, -0.2) is 0 Å². The van der Waals surface area contributed by atoms with Crippen molar-refractivity contribution in [3.63, 3.8) is 0 Å². The molecular weight excluding hydrogens is 294 g/mol. The molecule has 0 aromatic heterocycles. The molecule has 23 heavy (non-hydrogen) atoms. The molecule has 0 saturated carbocycles. The summed E-state index contributed by atoms with van der Waals surface area (Å²) in [5, 5.41) is 1.52. The third-order valence-corrected chi connectivity index (χ3v) is 6.78. The number of allylic oxidation sites excluding steroid dienone is 2. The largest absolute Gasteiger partial charge is 0.255 e. The Labute approximate surface area is 143 Å². The molecule has 1 aromatic carbocycles. The highest BCUT2D eigenvalue weighted by atomic mass is 28.3. The van der Waals surface area contributed by atoms with E-state index in [1.165, 1.54) is 39.1 Å². The monoisotopic (exact) mass is 325 g/mol. The molecule has 0 bridgehead atoms. The lowest BCUT2D eigenvalue weighted by Gasteiger charge is -2.33. The van der Waals surface area contributed by atoms with Gasteiger partial charge in [-0.15, -0.1) is 0 Å². The summed E-state index contributed by atoms with van der Waals surface area (Å²) >= 11 is 0. The number of nitrogens with zero attached hydrogens (tertiary/aromatic N) is 1. The number of hydrogen-bond donors (Lipinski definition) is 0. The number of hydrogen-bond acceptors (Lipinski definition) is 0. The predicted molar refractivity (Wildman–Crippen MR) is 105 cm³/mol. The van der Waals surface area contributed by atoms with Crippen molar-refractivity contribution >= 4 is 14.8 Å². The van der Waals surface area contributed by atoms with E-state index in [0.717, 1.165) is 0 Å². The number of aryl methyl sites for hydroxylation is 3. The first kappa shape index (κ1) is 17.8. The maximum atomic E-state index is 4.30. The van der Waals surface area contributed by atoms with Crippen LogP contribution in [0.4, 0.5) is 0 Å². The molecule has 124 valence electrons. The summed E-state index contributed by atoms with van der Waals surface area (Å²) in [4.78, 5) is 0. The van der Waals surface area contributed by atoms with Gasteiger partial charge >= 0.3 is 0 Å². The minimum absolute atomic E-state index is 0.531. The Morgan fingerprint density at radius 1 is 1.00 bits per heavy atom. The highest BCUT2D eigenvalue weighted by Gasteiger charge is 2.30. The third kappa shape index (κ3) is 3.53. The van der Waals surface area contributed by atoms with Crippen LogP contribution in [0.25, 0.3) is 0 Å². The second-order valence-corrected chi connectivity index (χ2v) is 13.2. The van der Waals surface area contributed by atoms with Gasteiger partial charge in [0.1, 0.15) is 12.2 Å². The van der Waals surface area contributed by atoms with Crippen LogP contribution in [-0.4, -0.2) is 19.4 Å². The topological polar surface area (TPSA) is 3.01 Å². The van der Waals surface area contributed by atoms with Crippen molar-refractivity contribution in [1.82, 2.24) is 0 Å². The van der Waals surface area contributed by atoms with Crippen molar-refractivity contribution in [3.05, 3.63) is 63.5 Å². The molecule has 2 heteroatoms. The van der Waals surface area contributed by atoms with Gasteiger partial charge in [0.15, 0.2) is 0 Å². The smallest absolute Gasteiger partial charge is 0.147 e. The molecule has 0 radical (unpaired) electrons. The van der Waals surface area contributed by atoms with E-state index >= 15 is 0 Å². The van der Waals surface area contributed by atoms with Crippen molar-refractivity contribution in [2.75, 3.05) is 0 Å². The Balaban J connectivity index is 2.57. The maximum Gasteiger partial charge on any atom is 0.147 e. The normalized spacial score (nSPS) is 15.9. The van der Waals surface area contributed by atoms with Crippen LogP contribution in [-0.2, 0) is 0 Å². The lowest BCUT2D eigenvalue weighted by Crippen LogP contribution is -2.32. The van der Waals surface area contributed by atoms with Gasteiger partial charge in [0.25, 0.3) is 0 Å². The van der Waals surface area contributed by atoms with Crippen LogP contribution in [0, 0.1) is 32.7 Å². The Hall–Kier alpha value is -1.54. The predicted octanol–water partition coefficient (Wildman–Crippen LogP) is 5.56. The van der Waals surface area contributed by atoms with Gasteiger partial charge in [-0.3, -0.25) is 4.58 Å². The van der Waals surface area contributed by atoms with E-state index in [1.807, 2.05) is 0 Å². The molecule has 0 fully saturated rings. The van der Waals surface area contributed by atoms with Gasteiger partial charge in [-0.2, -0.15) is 0 Å². The Morgan fingerprint density at radius 2 is 1.57 bits per heavy atom. The van der Waals surface area contributed by atoms with E-state index in [4.69, 9.17) is 0 Å². The summed E-state index contributed by atoms with van der Waals surface area (Å²) < 4.78 is 2.08. The lowest BCUT2D eigenvalue weighted by molar-refractivity contribution is -0.418. The second kappa shape index (κ2) is 6.16. The van der Waals surface area contributed by atoms with Crippen molar-refractivity contribution in [2.24, 2.45) is 5.92 Å². The fourth-order valence-electron chi connectivity index (χ4n) is 3.18. The molecule has 1 nitrogen and oxygen atoms in total. The van der Waals surface area contributed by atoms with Crippen molar-refractivity contribution < 1.29 is 4.58 Å². The summed E-state index contributed by atoms with van der Waals surface area (Å²) in [7, 11) is -1.39. The molecule has 0 atom stereocenters. The van der Waals surface area contributed by atoms with E-state index in [9.17, 15) is 0 Å². The molecule has 0 N–H and O–H groups in total. The van der Waals surface area contributed by atoms with Crippen LogP contribution >= 0.6 is 0 Å². The van der Waals surface area contributed by atoms with Crippen LogP contribution in [0.2, 0.25) is 19.6 Å². The number of benzene rings is 1. The molecule has 1 heterocycles. The summed E-state index contributed by atoms with van der Waals surface area (Å²) in [6, 6.07) is 5.81. The SMILES string of the molecule is C=[N+]1C=C([Si](C)(C)C)C(C(C)C)=C[C-]1c1cc(C)c(C)cc1C. The van der Waals surface area contributed by atoms with Gasteiger partial charge in [0.2, 0.25) is 0 Å². The van der Waals surface area contributed by atoms with Gasteiger partial charge in [0.05, 0.1) is 14.8 Å². The van der Waals surface area contributed by atoms with E-state index < -0.39 is 8.07 Å². The van der Waals surface area contributed by atoms with Gasteiger partial charge < -0.3 is 0 Å². The maximum absolute atomic E-state index is 4.30. The standard InChI is InChI=1S/C21H31NSi/c1-14(2)18-12-20(22(6)13-21(18)23(7,8)9)19-11-16(4)15(3)10-17(19)5/h10-14H,6H2,1-5,7-9H3. The highest BCUT2D eigenvalue weighted by molar-refractivity contribution is 6.84. The lowest BCUT2D eigenvalue weighted by atomic mass is 9.90. The van der Waals surface area contributed by atoms with Crippen LogP contribution in [0.1, 0.15) is 36.1 Å². The average Bonchev–Trinajstić information content (AvgIpc) is 2.41. The van der Waals surface area contributed by atoms with Crippen molar-refractivity contribution in [3.8, 4) is 0 Å². The quantitative estimate of drug-likeness (QED) is 0.389. The van der Waals surface area contributed by atoms with E-state index in [0.29, 0.717) is 5.92 Å². The van der Waals surface area contributed by atoms with Gasteiger partial charge in [-0.05, 0) is 36.6 Å². The zero-order chi connectivity index (χ0) is 17.5. The average molecular weight is 326 g/mol. The molecular formula is C21H31NSi. The van der Waals surface area contributed by atoms with Crippen LogP contribution in [0.5, 0.6) is 0 Å². The molecule has 0 amide bonds. The zero-order valence-corrected chi connectivity index (χ0v) is 17.0. The minimum atomic E-state index is -1.39. The minimum Gasteiger partial charge on any atom is -0.255 e. The summed E-state index contributed by atoms with van der Waals surface area (Å²) in [5.74, 6) is 0.531. The number of rotatable bonds is 3. The molecule has 1 aliphatic heterocycles. The van der Waals surface area contributed by atoms with Crippen LogP contribution in [0.15, 0.2) is 35.2 Å². The third-order valence-electron chi connectivity index (χ3n) is 4.74. The van der Waals surface area contributed by atoms with E-state index in [2.05, 4.69) is 90.0 Å². The second-order valence-electron chi connectivity index (χ2n) is 8.15. The van der Waals surface area contributed by atoms with Crippen LogP contribution < -0.4 is 0 Å².